The Morgan fingerprint density at radius 3 is 2.36 bits per heavy atom. The number of rotatable bonds is 5. The van der Waals surface area contributed by atoms with Crippen molar-refractivity contribution in [2.24, 2.45) is 5.92 Å². The van der Waals surface area contributed by atoms with Gasteiger partial charge in [-0.3, -0.25) is 9.59 Å². The van der Waals surface area contributed by atoms with Crippen molar-refractivity contribution >= 4 is 34.5 Å². The lowest BCUT2D eigenvalue weighted by Gasteiger charge is -2.21. The zero-order chi connectivity index (χ0) is 15.4. The summed E-state index contributed by atoms with van der Waals surface area (Å²) in [6, 6.07) is 3.81. The Balaban J connectivity index is 1.52. The molecule has 2 aromatic rings. The van der Waals surface area contributed by atoms with Crippen molar-refractivity contribution in [2.45, 2.75) is 25.3 Å². The molecule has 2 aromatic heterocycles. The van der Waals surface area contributed by atoms with Crippen LogP contribution in [0.15, 0.2) is 33.7 Å². The highest BCUT2D eigenvalue weighted by atomic mass is 32.1. The smallest absolute Gasteiger partial charge is 0.252 e. The average Bonchev–Trinajstić information content (AvgIpc) is 3.26. The fourth-order valence-corrected chi connectivity index (χ4v) is 4.11. The molecular weight excluding hydrogens is 316 g/mol. The number of hydrogen-bond acceptors (Lipinski definition) is 4. The van der Waals surface area contributed by atoms with Crippen LogP contribution in [0.4, 0.5) is 0 Å². The van der Waals surface area contributed by atoms with Crippen LogP contribution in [0, 0.1) is 5.92 Å². The van der Waals surface area contributed by atoms with E-state index in [2.05, 4.69) is 10.6 Å². The molecule has 0 unspecified atom stereocenters. The third-order valence-electron chi connectivity index (χ3n) is 4.07. The Morgan fingerprint density at radius 1 is 1.05 bits per heavy atom. The number of carbonyl (C=O) groups excluding carboxylic acids is 2. The molecule has 0 radical (unpaired) electrons. The number of amides is 2. The predicted octanol–water partition coefficient (Wildman–Crippen LogP) is 3.14. The summed E-state index contributed by atoms with van der Waals surface area (Å²) < 4.78 is 0. The van der Waals surface area contributed by atoms with Crippen molar-refractivity contribution in [3.05, 3.63) is 44.8 Å². The van der Waals surface area contributed by atoms with E-state index in [-0.39, 0.29) is 17.9 Å². The lowest BCUT2D eigenvalue weighted by molar-refractivity contribution is 0.0923. The van der Waals surface area contributed by atoms with Gasteiger partial charge < -0.3 is 10.6 Å². The molecule has 0 aliphatic heterocycles. The van der Waals surface area contributed by atoms with E-state index in [1.54, 1.807) is 0 Å². The van der Waals surface area contributed by atoms with Crippen LogP contribution in [0.25, 0.3) is 0 Å². The minimum atomic E-state index is -0.0314. The first kappa shape index (κ1) is 15.2. The summed E-state index contributed by atoms with van der Waals surface area (Å²) in [4.78, 5) is 24.1. The maximum absolute atomic E-state index is 12.1. The first-order valence-electron chi connectivity index (χ1n) is 7.37. The monoisotopic (exact) mass is 334 g/mol. The maximum atomic E-state index is 12.1. The van der Waals surface area contributed by atoms with Crippen molar-refractivity contribution in [1.82, 2.24) is 10.6 Å². The minimum Gasteiger partial charge on any atom is -0.352 e. The van der Waals surface area contributed by atoms with Crippen LogP contribution in [0.2, 0.25) is 0 Å². The Labute approximate surface area is 137 Å². The minimum absolute atomic E-state index is 0.0117. The molecule has 116 valence electrons. The molecule has 4 nitrogen and oxygen atoms in total. The van der Waals surface area contributed by atoms with Gasteiger partial charge in [0.05, 0.1) is 0 Å². The van der Waals surface area contributed by atoms with Crippen LogP contribution in [-0.2, 0) is 0 Å². The summed E-state index contributed by atoms with van der Waals surface area (Å²) in [6.45, 7) is 0.614. The number of carbonyl (C=O) groups is 2. The first-order valence-corrected chi connectivity index (χ1v) is 9.26. The summed E-state index contributed by atoms with van der Waals surface area (Å²) >= 11 is 3.04. The SMILES string of the molecule is O=C(NC[C@@H]1CCC[C@@H]1NC(=O)c1ccsc1)c1ccsc1. The molecule has 2 atom stereocenters. The molecule has 1 saturated carbocycles. The third-order valence-corrected chi connectivity index (χ3v) is 5.43. The second-order valence-electron chi connectivity index (χ2n) is 5.51. The highest BCUT2D eigenvalue weighted by Crippen LogP contribution is 2.25. The molecule has 3 rings (SSSR count). The number of hydrogen-bond donors (Lipinski definition) is 2. The molecule has 1 aliphatic rings. The van der Waals surface area contributed by atoms with E-state index in [1.807, 2.05) is 33.7 Å². The van der Waals surface area contributed by atoms with Gasteiger partial charge in [-0.15, -0.1) is 0 Å². The van der Waals surface area contributed by atoms with E-state index in [0.717, 1.165) is 24.8 Å². The molecule has 2 amide bonds. The average molecular weight is 334 g/mol. The van der Waals surface area contributed by atoms with E-state index >= 15 is 0 Å². The van der Waals surface area contributed by atoms with Gasteiger partial charge in [-0.2, -0.15) is 22.7 Å². The Morgan fingerprint density at radius 2 is 1.73 bits per heavy atom. The van der Waals surface area contributed by atoms with Gasteiger partial charge in [-0.1, -0.05) is 6.42 Å². The Bertz CT molecular complexity index is 623. The Hall–Kier alpha value is -1.66. The predicted molar refractivity (Wildman–Crippen MR) is 89.6 cm³/mol. The molecular formula is C16H18N2O2S2. The maximum Gasteiger partial charge on any atom is 0.252 e. The second kappa shape index (κ2) is 7.07. The van der Waals surface area contributed by atoms with E-state index in [1.165, 1.54) is 22.7 Å². The second-order valence-corrected chi connectivity index (χ2v) is 7.07. The van der Waals surface area contributed by atoms with E-state index in [9.17, 15) is 9.59 Å². The van der Waals surface area contributed by atoms with Gasteiger partial charge in [-0.25, -0.2) is 0 Å². The van der Waals surface area contributed by atoms with Crippen LogP contribution in [0.5, 0.6) is 0 Å². The summed E-state index contributed by atoms with van der Waals surface area (Å²) in [6.07, 6.45) is 3.11. The molecule has 0 aromatic carbocycles. The Kier molecular flexibility index (Phi) is 4.90. The van der Waals surface area contributed by atoms with E-state index in [4.69, 9.17) is 0 Å². The van der Waals surface area contributed by atoms with Crippen molar-refractivity contribution in [1.29, 1.82) is 0 Å². The van der Waals surface area contributed by atoms with Gasteiger partial charge >= 0.3 is 0 Å². The van der Waals surface area contributed by atoms with Crippen LogP contribution in [0.1, 0.15) is 40.0 Å². The van der Waals surface area contributed by atoms with Crippen LogP contribution >= 0.6 is 22.7 Å². The van der Waals surface area contributed by atoms with Crippen LogP contribution < -0.4 is 10.6 Å². The van der Waals surface area contributed by atoms with Crippen molar-refractivity contribution < 1.29 is 9.59 Å². The topological polar surface area (TPSA) is 58.2 Å². The number of thiophene rings is 2. The quantitative estimate of drug-likeness (QED) is 0.882. The largest absolute Gasteiger partial charge is 0.352 e. The summed E-state index contributed by atoms with van der Waals surface area (Å²) in [5.74, 6) is 0.267. The molecule has 1 fully saturated rings. The zero-order valence-electron chi connectivity index (χ0n) is 12.1. The van der Waals surface area contributed by atoms with Gasteiger partial charge in [-0.05, 0) is 41.7 Å². The first-order chi connectivity index (χ1) is 10.7. The van der Waals surface area contributed by atoms with Crippen LogP contribution in [0.3, 0.4) is 0 Å². The molecule has 22 heavy (non-hydrogen) atoms. The van der Waals surface area contributed by atoms with E-state index < -0.39 is 0 Å². The van der Waals surface area contributed by atoms with Crippen molar-refractivity contribution in [2.75, 3.05) is 6.54 Å². The van der Waals surface area contributed by atoms with Crippen LogP contribution in [-0.4, -0.2) is 24.4 Å². The van der Waals surface area contributed by atoms with Gasteiger partial charge in [0.2, 0.25) is 0 Å². The zero-order valence-corrected chi connectivity index (χ0v) is 13.7. The molecule has 6 heteroatoms. The molecule has 0 spiro atoms. The third kappa shape index (κ3) is 3.56. The fourth-order valence-electron chi connectivity index (χ4n) is 2.84. The normalized spacial score (nSPS) is 20.7. The van der Waals surface area contributed by atoms with Crippen molar-refractivity contribution in [3.8, 4) is 0 Å². The lowest BCUT2D eigenvalue weighted by Crippen LogP contribution is -2.41. The highest BCUT2D eigenvalue weighted by molar-refractivity contribution is 7.08. The fraction of sp³-hybridized carbons (Fsp3) is 0.375. The van der Waals surface area contributed by atoms with E-state index in [0.29, 0.717) is 18.0 Å². The number of nitrogens with one attached hydrogen (secondary N) is 2. The summed E-state index contributed by atoms with van der Waals surface area (Å²) in [5, 5.41) is 13.6. The lowest BCUT2D eigenvalue weighted by atomic mass is 10.0. The molecule has 0 saturated heterocycles. The molecule has 2 N–H and O–H groups in total. The molecule has 1 aliphatic carbocycles. The molecule has 0 bridgehead atoms. The van der Waals surface area contributed by atoms with Gasteiger partial charge in [0.15, 0.2) is 0 Å². The standard InChI is InChI=1S/C16H18N2O2S2/c19-15(12-4-6-21-9-12)17-8-11-2-1-3-14(11)18-16(20)13-5-7-22-10-13/h4-7,9-11,14H,1-3,8H2,(H,17,19)(H,18,20)/t11-,14-/m0/s1. The van der Waals surface area contributed by atoms with Crippen molar-refractivity contribution in [3.63, 3.8) is 0 Å². The highest BCUT2D eigenvalue weighted by Gasteiger charge is 2.29. The molecule has 2 heterocycles. The summed E-state index contributed by atoms with van der Waals surface area (Å²) in [5.41, 5.74) is 1.43. The van der Waals surface area contributed by atoms with Gasteiger partial charge in [0, 0.05) is 34.5 Å². The summed E-state index contributed by atoms with van der Waals surface area (Å²) in [7, 11) is 0. The van der Waals surface area contributed by atoms with Gasteiger partial charge in [0.1, 0.15) is 0 Å². The van der Waals surface area contributed by atoms with Gasteiger partial charge in [0.25, 0.3) is 11.8 Å².